The number of hydrogen-bond donors (Lipinski definition) is 0. The van der Waals surface area contributed by atoms with Gasteiger partial charge < -0.3 is 13.8 Å². The Morgan fingerprint density at radius 2 is 0.750 bits per heavy atom. The zero-order chi connectivity index (χ0) is 24.0. The van der Waals surface area contributed by atoms with Gasteiger partial charge in [0.15, 0.2) is 0 Å². The molecule has 0 aliphatic heterocycles. The van der Waals surface area contributed by atoms with Gasteiger partial charge in [0.2, 0.25) is 0 Å². The number of aryl methyl sites for hydroxylation is 6. The Hall–Kier alpha value is -2.40. The smallest absolute Gasteiger partial charge is 0 e. The fourth-order valence-electron chi connectivity index (χ4n) is 3.26. The molecule has 0 aromatic carbocycles. The fourth-order valence-corrected chi connectivity index (χ4v) is 3.26. The van der Waals surface area contributed by atoms with Crippen LogP contribution >= 0.6 is 9.90 Å². The average Bonchev–Trinajstić information content (AvgIpc) is 3.39. The Kier molecular flexibility index (Phi) is 22.3. The molecule has 172 valence electrons. The van der Waals surface area contributed by atoms with E-state index in [2.05, 4.69) is 79.4 Å². The number of aromatic nitrogens is 6. The predicted molar refractivity (Wildman–Crippen MR) is 115 cm³/mol. The fraction of sp³-hybridized carbons (Fsp3) is 0.316. The van der Waals surface area contributed by atoms with Crippen LogP contribution in [0.3, 0.4) is 0 Å². The second kappa shape index (κ2) is 19.3. The summed E-state index contributed by atoms with van der Waals surface area (Å²) in [7, 11) is -1.26. The van der Waals surface area contributed by atoms with Crippen molar-refractivity contribution in [2.24, 2.45) is 0 Å². The second-order valence-corrected chi connectivity index (χ2v) is 6.20. The molecule has 0 saturated heterocycles. The minimum Gasteiger partial charge on any atom is 0 e. The SMILES string of the molecule is Cc1cc(C)n([BH-](n2nc(C)cc2C)n2nc(C)cc2C)n1.P.[C-]#[O+].[C-]#[O+].[C-]#[O+].[C-]#[O+].[Fe]. The molecule has 3 rings (SSSR count). The van der Waals surface area contributed by atoms with Gasteiger partial charge in [0.05, 0.1) is 17.1 Å². The maximum atomic E-state index is 7.50. The summed E-state index contributed by atoms with van der Waals surface area (Å²) < 4.78 is 36.2. The van der Waals surface area contributed by atoms with Crippen LogP contribution in [0.25, 0.3) is 0 Å². The van der Waals surface area contributed by atoms with Gasteiger partial charge in [-0.15, -0.1) is 0 Å². The van der Waals surface area contributed by atoms with Crippen molar-refractivity contribution in [2.45, 2.75) is 41.5 Å². The normalized spacial score (nSPS) is 8.22. The molecule has 1 atom stereocenters. The largest absolute Gasteiger partial charge is 0 e. The molecule has 10 nitrogen and oxygen atoms in total. The Labute approximate surface area is 202 Å². The van der Waals surface area contributed by atoms with Gasteiger partial charge >= 0.3 is 52.3 Å². The minimum atomic E-state index is -1.26. The molecule has 1 unspecified atom stereocenters. The van der Waals surface area contributed by atoms with Gasteiger partial charge in [-0.3, -0.25) is 0 Å². The molecule has 3 aromatic rings. The van der Waals surface area contributed by atoms with Crippen molar-refractivity contribution in [3.8, 4) is 0 Å². The summed E-state index contributed by atoms with van der Waals surface area (Å²) in [5, 5.41) is 14.1. The van der Waals surface area contributed by atoms with Crippen molar-refractivity contribution in [1.29, 1.82) is 0 Å². The van der Waals surface area contributed by atoms with Crippen molar-refractivity contribution < 1.29 is 35.7 Å². The molecule has 32 heavy (non-hydrogen) atoms. The molecule has 0 spiro atoms. The van der Waals surface area contributed by atoms with E-state index >= 15 is 0 Å². The molecule has 3 heterocycles. The van der Waals surface area contributed by atoms with Crippen LogP contribution in [0, 0.1) is 68.1 Å². The first-order chi connectivity index (χ1) is 14.4. The van der Waals surface area contributed by atoms with E-state index in [1.165, 1.54) is 0 Å². The van der Waals surface area contributed by atoms with Crippen molar-refractivity contribution in [3.05, 3.63) is 79.0 Å². The standard InChI is InChI=1S/C15H22BN6.4CO.Fe.H3P/c1-10-7-13(4)20(17-10)16(21-14(5)8-11(2)18-21)22-15(6)9-12(3)19-22;4*1-2;;/h7-9,16H,1-6H3;;;;;;1H3/q-1;;;;;;. The van der Waals surface area contributed by atoms with Gasteiger partial charge in [-0.05, 0) is 76.8 Å². The van der Waals surface area contributed by atoms with Crippen LogP contribution in [0.4, 0.5) is 0 Å². The van der Waals surface area contributed by atoms with Gasteiger partial charge in [-0.25, -0.2) is 15.3 Å². The van der Waals surface area contributed by atoms with E-state index in [0.29, 0.717) is 0 Å². The number of nitrogens with zero attached hydrogens (tertiary/aromatic N) is 6. The number of hydrogen-bond acceptors (Lipinski definition) is 3. The predicted octanol–water partition coefficient (Wildman–Crippen LogP) is 1.69. The Morgan fingerprint density at radius 3 is 0.875 bits per heavy atom. The van der Waals surface area contributed by atoms with E-state index in [-0.39, 0.29) is 27.0 Å². The minimum absolute atomic E-state index is 0. The van der Waals surface area contributed by atoms with Crippen LogP contribution in [0.5, 0.6) is 0 Å². The molecule has 0 saturated carbocycles. The van der Waals surface area contributed by atoms with Crippen LogP contribution < -0.4 is 0 Å². The molecule has 0 bridgehead atoms. The molecule has 3 aromatic heterocycles. The summed E-state index contributed by atoms with van der Waals surface area (Å²) in [6.07, 6.45) is 0. The molecular weight excluding hydrogens is 474 g/mol. The average molecular weight is 499 g/mol. The first-order valence-corrected chi connectivity index (χ1v) is 8.44. The topological polar surface area (TPSA) is 133 Å². The molecule has 0 radical (unpaired) electrons. The van der Waals surface area contributed by atoms with Gasteiger partial charge in [-0.1, -0.05) is 0 Å². The van der Waals surface area contributed by atoms with Crippen molar-refractivity contribution in [3.63, 3.8) is 0 Å². The quantitative estimate of drug-likeness (QED) is 0.235. The van der Waals surface area contributed by atoms with E-state index in [1.54, 1.807) is 0 Å². The first-order valence-electron chi connectivity index (χ1n) is 8.44. The first kappa shape index (κ1) is 36.9. The van der Waals surface area contributed by atoms with E-state index in [0.717, 1.165) is 34.2 Å². The monoisotopic (exact) mass is 499 g/mol. The second-order valence-electron chi connectivity index (χ2n) is 6.20. The van der Waals surface area contributed by atoms with Crippen molar-refractivity contribution in [2.75, 3.05) is 0 Å². The number of rotatable bonds is 3. The van der Waals surface area contributed by atoms with E-state index < -0.39 is 7.12 Å². The van der Waals surface area contributed by atoms with Crippen LogP contribution in [-0.4, -0.2) is 36.2 Å². The summed E-state index contributed by atoms with van der Waals surface area (Å²) in [6, 6.07) is 6.28. The maximum absolute atomic E-state index is 7.50. The van der Waals surface area contributed by atoms with E-state index in [1.807, 2.05) is 20.8 Å². The van der Waals surface area contributed by atoms with Crippen LogP contribution in [-0.2, 0) is 35.7 Å². The van der Waals surface area contributed by atoms with Gasteiger partial charge in [-0.2, -0.15) is 9.90 Å². The third-order valence-electron chi connectivity index (χ3n) is 4.11. The zero-order valence-corrected chi connectivity index (χ0v) is 21.3. The molecule has 0 fully saturated rings. The Morgan fingerprint density at radius 1 is 0.562 bits per heavy atom. The molecule has 0 aliphatic carbocycles. The molecule has 0 aliphatic rings. The van der Waals surface area contributed by atoms with Crippen molar-refractivity contribution in [1.82, 2.24) is 29.1 Å². The Bertz CT molecular complexity index is 888. The summed E-state index contributed by atoms with van der Waals surface area (Å²) >= 11 is 0. The zero-order valence-electron chi connectivity index (χ0n) is 18.8. The van der Waals surface area contributed by atoms with Crippen LogP contribution in [0.2, 0.25) is 0 Å². The maximum Gasteiger partial charge on any atom is 0 e. The van der Waals surface area contributed by atoms with E-state index in [4.69, 9.17) is 33.9 Å². The summed E-state index contributed by atoms with van der Waals surface area (Å²) in [5.74, 6) is 0. The van der Waals surface area contributed by atoms with Crippen molar-refractivity contribution >= 4 is 17.0 Å². The van der Waals surface area contributed by atoms with Crippen LogP contribution in [0.1, 0.15) is 34.2 Å². The molecule has 13 heteroatoms. The third-order valence-corrected chi connectivity index (χ3v) is 4.11. The third kappa shape index (κ3) is 9.39. The van der Waals surface area contributed by atoms with E-state index in [9.17, 15) is 0 Å². The Balaban J connectivity index is -0.000000355. The molecule has 0 N–H and O–H groups in total. The molecule has 0 amide bonds. The summed E-state index contributed by atoms with van der Waals surface area (Å²) in [6.45, 7) is 30.3. The molecular formula is C19H25BFeN6O4P-. The summed E-state index contributed by atoms with van der Waals surface area (Å²) in [4.78, 5) is 0. The van der Waals surface area contributed by atoms with Gasteiger partial charge in [0.25, 0.3) is 0 Å². The van der Waals surface area contributed by atoms with Gasteiger partial charge in [0.1, 0.15) is 0 Å². The summed E-state index contributed by atoms with van der Waals surface area (Å²) in [5.41, 5.74) is 6.40. The van der Waals surface area contributed by atoms with Gasteiger partial charge in [0, 0.05) is 17.1 Å². The van der Waals surface area contributed by atoms with Crippen LogP contribution in [0.15, 0.2) is 18.2 Å².